The van der Waals surface area contributed by atoms with E-state index < -0.39 is 5.97 Å². The van der Waals surface area contributed by atoms with Gasteiger partial charge in [-0.25, -0.2) is 14.8 Å². The fourth-order valence-corrected chi connectivity index (χ4v) is 2.15. The normalized spacial score (nSPS) is 10.8. The van der Waals surface area contributed by atoms with Crippen LogP contribution in [0.4, 0.5) is 5.82 Å². The monoisotopic (exact) mass is 269 g/mol. The van der Waals surface area contributed by atoms with Crippen LogP contribution in [0.1, 0.15) is 16.2 Å². The van der Waals surface area contributed by atoms with Gasteiger partial charge in [0.05, 0.1) is 0 Å². The van der Waals surface area contributed by atoms with Gasteiger partial charge in [0.2, 0.25) is 0 Å². The Morgan fingerprint density at radius 2 is 2.15 bits per heavy atom. The number of carboxylic acid groups (broad SMARTS) is 1. The third-order valence-electron chi connectivity index (χ3n) is 3.00. The van der Waals surface area contributed by atoms with Gasteiger partial charge in [0, 0.05) is 18.7 Å². The molecular weight excluding hydrogens is 258 g/mol. The van der Waals surface area contributed by atoms with Gasteiger partial charge in [-0.15, -0.1) is 0 Å². The predicted octanol–water partition coefficient (Wildman–Crippen LogP) is 2.48. The molecule has 1 aromatic carbocycles. The summed E-state index contributed by atoms with van der Waals surface area (Å²) in [6.45, 7) is 1.76. The summed E-state index contributed by atoms with van der Waals surface area (Å²) >= 11 is 0. The molecule has 20 heavy (non-hydrogen) atoms. The van der Waals surface area contributed by atoms with Crippen LogP contribution in [0.2, 0.25) is 0 Å². The van der Waals surface area contributed by atoms with Crippen molar-refractivity contribution in [3.05, 3.63) is 41.9 Å². The summed E-state index contributed by atoms with van der Waals surface area (Å²) in [7, 11) is 0. The van der Waals surface area contributed by atoms with Gasteiger partial charge in [0.25, 0.3) is 0 Å². The third kappa shape index (κ3) is 1.87. The number of nitrogen functional groups attached to an aromatic ring is 1. The molecule has 0 aliphatic carbocycles. The number of rotatable bonds is 2. The van der Waals surface area contributed by atoms with Crippen LogP contribution in [-0.4, -0.2) is 21.0 Å². The van der Waals surface area contributed by atoms with E-state index in [9.17, 15) is 9.90 Å². The third-order valence-corrected chi connectivity index (χ3v) is 3.00. The number of hydrogen-bond acceptors (Lipinski definition) is 5. The first-order valence-corrected chi connectivity index (χ1v) is 5.91. The molecule has 0 aliphatic rings. The van der Waals surface area contributed by atoms with E-state index in [1.54, 1.807) is 31.2 Å². The Morgan fingerprint density at radius 1 is 1.35 bits per heavy atom. The Morgan fingerprint density at radius 3 is 2.90 bits per heavy atom. The first-order valence-electron chi connectivity index (χ1n) is 5.91. The molecule has 0 saturated carbocycles. The predicted molar refractivity (Wildman–Crippen MR) is 73.3 cm³/mol. The molecule has 0 unspecified atom stereocenters. The van der Waals surface area contributed by atoms with Crippen molar-refractivity contribution in [1.29, 1.82) is 0 Å². The summed E-state index contributed by atoms with van der Waals surface area (Å²) in [5.41, 5.74) is 8.19. The first kappa shape index (κ1) is 12.2. The van der Waals surface area contributed by atoms with Crippen LogP contribution in [-0.2, 0) is 0 Å². The van der Waals surface area contributed by atoms with Gasteiger partial charge in [0.1, 0.15) is 16.9 Å². The maximum Gasteiger partial charge on any atom is 0.340 e. The molecule has 3 aromatic rings. The highest BCUT2D eigenvalue weighted by Crippen LogP contribution is 2.29. The summed E-state index contributed by atoms with van der Waals surface area (Å²) in [4.78, 5) is 19.4. The second-order valence-corrected chi connectivity index (χ2v) is 4.34. The molecule has 0 aliphatic heterocycles. The molecule has 3 rings (SSSR count). The van der Waals surface area contributed by atoms with Gasteiger partial charge in [0.15, 0.2) is 11.5 Å². The lowest BCUT2D eigenvalue weighted by molar-refractivity contribution is 0.0698. The number of pyridine rings is 1. The molecule has 2 aromatic heterocycles. The highest BCUT2D eigenvalue weighted by molar-refractivity contribution is 6.01. The standard InChI is InChI=1S/C14H11N3O3/c1-7-17-10-6-8(2-3-11(10)20-7)9-4-5-16-13(15)12(9)14(18)19/h2-6H,1H3,(H2,15,16)(H,18,19). The molecule has 0 saturated heterocycles. The van der Waals surface area contributed by atoms with Crippen molar-refractivity contribution in [1.82, 2.24) is 9.97 Å². The van der Waals surface area contributed by atoms with Gasteiger partial charge >= 0.3 is 5.97 Å². The number of oxazole rings is 1. The number of nitrogens with zero attached hydrogens (tertiary/aromatic N) is 2. The van der Waals surface area contributed by atoms with Crippen molar-refractivity contribution in [2.45, 2.75) is 6.92 Å². The van der Waals surface area contributed by atoms with E-state index >= 15 is 0 Å². The van der Waals surface area contributed by atoms with Crippen LogP contribution < -0.4 is 5.73 Å². The number of aryl methyl sites for hydroxylation is 1. The molecule has 0 amide bonds. The molecule has 0 spiro atoms. The second-order valence-electron chi connectivity index (χ2n) is 4.34. The van der Waals surface area contributed by atoms with Crippen molar-refractivity contribution < 1.29 is 14.3 Å². The maximum atomic E-state index is 11.3. The molecule has 3 N–H and O–H groups in total. The van der Waals surface area contributed by atoms with Gasteiger partial charge in [-0.2, -0.15) is 0 Å². The molecule has 100 valence electrons. The molecule has 0 radical (unpaired) electrons. The highest BCUT2D eigenvalue weighted by atomic mass is 16.4. The average Bonchev–Trinajstić information content (AvgIpc) is 2.76. The molecule has 0 fully saturated rings. The smallest absolute Gasteiger partial charge is 0.340 e. The lowest BCUT2D eigenvalue weighted by atomic mass is 10.0. The van der Waals surface area contributed by atoms with Crippen molar-refractivity contribution in [2.24, 2.45) is 0 Å². The zero-order valence-corrected chi connectivity index (χ0v) is 10.6. The van der Waals surface area contributed by atoms with Crippen LogP contribution in [0.15, 0.2) is 34.9 Å². The molecule has 0 atom stereocenters. The summed E-state index contributed by atoms with van der Waals surface area (Å²) in [5, 5.41) is 9.27. The van der Waals surface area contributed by atoms with Gasteiger partial charge < -0.3 is 15.3 Å². The number of nitrogens with two attached hydrogens (primary N) is 1. The van der Waals surface area contributed by atoms with E-state index in [1.165, 1.54) is 6.20 Å². The van der Waals surface area contributed by atoms with Gasteiger partial charge in [-0.3, -0.25) is 0 Å². The van der Waals surface area contributed by atoms with E-state index in [0.29, 0.717) is 28.1 Å². The summed E-state index contributed by atoms with van der Waals surface area (Å²) in [6.07, 6.45) is 1.48. The Kier molecular flexibility index (Phi) is 2.64. The minimum absolute atomic E-state index is 0.00735. The largest absolute Gasteiger partial charge is 0.478 e. The summed E-state index contributed by atoms with van der Waals surface area (Å²) < 4.78 is 5.40. The van der Waals surface area contributed by atoms with Crippen molar-refractivity contribution in [3.8, 4) is 11.1 Å². The van der Waals surface area contributed by atoms with E-state index in [1.807, 2.05) is 0 Å². The molecule has 6 nitrogen and oxygen atoms in total. The fraction of sp³-hybridized carbons (Fsp3) is 0.0714. The topological polar surface area (TPSA) is 102 Å². The zero-order chi connectivity index (χ0) is 14.3. The quantitative estimate of drug-likeness (QED) is 0.740. The van der Waals surface area contributed by atoms with Crippen molar-refractivity contribution in [2.75, 3.05) is 5.73 Å². The SMILES string of the molecule is Cc1nc2cc(-c3ccnc(N)c3C(=O)O)ccc2o1. The lowest BCUT2D eigenvalue weighted by Crippen LogP contribution is -2.06. The second kappa shape index (κ2) is 4.34. The number of aromatic nitrogens is 2. The minimum atomic E-state index is -1.11. The number of carbonyl (C=O) groups is 1. The maximum absolute atomic E-state index is 11.3. The van der Waals surface area contributed by atoms with Crippen LogP contribution in [0.25, 0.3) is 22.2 Å². The summed E-state index contributed by atoms with van der Waals surface area (Å²) in [6, 6.07) is 6.92. The summed E-state index contributed by atoms with van der Waals surface area (Å²) in [5.74, 6) is -0.557. The van der Waals surface area contributed by atoms with E-state index in [0.717, 1.165) is 0 Å². The van der Waals surface area contributed by atoms with Gasteiger partial charge in [-0.1, -0.05) is 6.07 Å². The lowest BCUT2D eigenvalue weighted by Gasteiger charge is -2.07. The Balaban J connectivity index is 2.25. The molecular formula is C14H11N3O3. The van der Waals surface area contributed by atoms with Crippen LogP contribution in [0.5, 0.6) is 0 Å². The highest BCUT2D eigenvalue weighted by Gasteiger charge is 2.17. The van der Waals surface area contributed by atoms with E-state index in [4.69, 9.17) is 10.2 Å². The van der Waals surface area contributed by atoms with Crippen molar-refractivity contribution in [3.63, 3.8) is 0 Å². The van der Waals surface area contributed by atoms with Crippen LogP contribution >= 0.6 is 0 Å². The number of benzene rings is 1. The van der Waals surface area contributed by atoms with Crippen LogP contribution in [0, 0.1) is 6.92 Å². The number of anilines is 1. The fourth-order valence-electron chi connectivity index (χ4n) is 2.15. The zero-order valence-electron chi connectivity index (χ0n) is 10.6. The van der Waals surface area contributed by atoms with Crippen molar-refractivity contribution >= 4 is 22.9 Å². The average molecular weight is 269 g/mol. The number of carboxylic acids is 1. The molecule has 2 heterocycles. The minimum Gasteiger partial charge on any atom is -0.478 e. The Labute approximate surface area is 113 Å². The first-order chi connectivity index (χ1) is 9.56. The number of aromatic carboxylic acids is 1. The molecule has 6 heteroatoms. The number of hydrogen-bond donors (Lipinski definition) is 2. The van der Waals surface area contributed by atoms with Gasteiger partial charge in [-0.05, 0) is 23.8 Å². The Bertz CT molecular complexity index is 824. The molecule has 0 bridgehead atoms. The van der Waals surface area contributed by atoms with E-state index in [2.05, 4.69) is 9.97 Å². The van der Waals surface area contributed by atoms with E-state index in [-0.39, 0.29) is 11.4 Å². The Hall–Kier alpha value is -2.89. The number of fused-ring (bicyclic) bond motifs is 1. The van der Waals surface area contributed by atoms with Crippen LogP contribution in [0.3, 0.4) is 0 Å².